The third-order valence-electron chi connectivity index (χ3n) is 3.30. The van der Waals surface area contributed by atoms with Crippen LogP contribution < -0.4 is 10.1 Å². The van der Waals surface area contributed by atoms with Crippen LogP contribution >= 0.6 is 15.9 Å². The number of methoxy groups -OCH3 is 1. The van der Waals surface area contributed by atoms with E-state index in [4.69, 9.17) is 4.74 Å². The van der Waals surface area contributed by atoms with E-state index in [1.807, 2.05) is 0 Å². The Bertz CT molecular complexity index is 372. The Kier molecular flexibility index (Phi) is 3.87. The summed E-state index contributed by atoms with van der Waals surface area (Å²) in [7, 11) is 1.75. The van der Waals surface area contributed by atoms with Gasteiger partial charge in [0.1, 0.15) is 5.75 Å². The first-order valence-corrected chi connectivity index (χ1v) is 6.57. The standard InChI is InChI=1S/C13H18BrNO/c1-9-3-4-11(16-2)12(13(9)14)10-5-7-15-8-6-10/h3-4,10,15H,5-8H2,1-2H3. The van der Waals surface area contributed by atoms with Crippen LogP contribution in [0.5, 0.6) is 5.75 Å². The first kappa shape index (κ1) is 11.9. The van der Waals surface area contributed by atoms with Crippen LogP contribution in [0.4, 0.5) is 0 Å². The molecule has 1 fully saturated rings. The number of rotatable bonds is 2. The zero-order valence-corrected chi connectivity index (χ0v) is 11.4. The van der Waals surface area contributed by atoms with Crippen LogP contribution in [0.3, 0.4) is 0 Å². The maximum absolute atomic E-state index is 5.48. The minimum absolute atomic E-state index is 0.616. The van der Waals surface area contributed by atoms with E-state index in [0.717, 1.165) is 18.8 Å². The summed E-state index contributed by atoms with van der Waals surface area (Å²) < 4.78 is 6.71. The number of hydrogen-bond acceptors (Lipinski definition) is 2. The molecule has 0 spiro atoms. The summed E-state index contributed by atoms with van der Waals surface area (Å²) in [6.07, 6.45) is 2.39. The van der Waals surface area contributed by atoms with Crippen molar-refractivity contribution in [3.05, 3.63) is 27.7 Å². The van der Waals surface area contributed by atoms with E-state index < -0.39 is 0 Å². The largest absolute Gasteiger partial charge is 0.496 e. The summed E-state index contributed by atoms with van der Waals surface area (Å²) in [5, 5.41) is 3.40. The van der Waals surface area contributed by atoms with Crippen LogP contribution in [0.25, 0.3) is 0 Å². The highest BCUT2D eigenvalue weighted by atomic mass is 79.9. The minimum Gasteiger partial charge on any atom is -0.496 e. The molecule has 0 amide bonds. The predicted molar refractivity (Wildman–Crippen MR) is 70.3 cm³/mol. The molecule has 0 bridgehead atoms. The molecule has 1 heterocycles. The van der Waals surface area contributed by atoms with Gasteiger partial charge in [-0.3, -0.25) is 0 Å². The Morgan fingerprint density at radius 1 is 1.31 bits per heavy atom. The Morgan fingerprint density at radius 2 is 2.00 bits per heavy atom. The number of piperidine rings is 1. The van der Waals surface area contributed by atoms with Gasteiger partial charge < -0.3 is 10.1 Å². The summed E-state index contributed by atoms with van der Waals surface area (Å²) in [4.78, 5) is 0. The van der Waals surface area contributed by atoms with E-state index in [-0.39, 0.29) is 0 Å². The lowest BCUT2D eigenvalue weighted by Gasteiger charge is -2.26. The average molecular weight is 284 g/mol. The fraction of sp³-hybridized carbons (Fsp3) is 0.538. The molecule has 1 saturated heterocycles. The molecule has 0 atom stereocenters. The normalized spacial score (nSPS) is 17.4. The fourth-order valence-electron chi connectivity index (χ4n) is 2.35. The molecular formula is C13H18BrNO. The molecular weight excluding hydrogens is 266 g/mol. The van der Waals surface area contributed by atoms with Gasteiger partial charge in [0.15, 0.2) is 0 Å². The summed E-state index contributed by atoms with van der Waals surface area (Å²) >= 11 is 3.71. The van der Waals surface area contributed by atoms with E-state index in [9.17, 15) is 0 Å². The Labute approximate surface area is 106 Å². The van der Waals surface area contributed by atoms with Crippen molar-refractivity contribution in [3.63, 3.8) is 0 Å². The summed E-state index contributed by atoms with van der Waals surface area (Å²) in [5.41, 5.74) is 2.64. The number of halogens is 1. The van der Waals surface area contributed by atoms with Crippen LogP contribution in [0.2, 0.25) is 0 Å². The topological polar surface area (TPSA) is 21.3 Å². The van der Waals surface area contributed by atoms with E-state index in [1.165, 1.54) is 28.4 Å². The molecule has 1 aromatic carbocycles. The lowest BCUT2D eigenvalue weighted by molar-refractivity contribution is 0.390. The van der Waals surface area contributed by atoms with Crippen molar-refractivity contribution < 1.29 is 4.74 Å². The molecule has 16 heavy (non-hydrogen) atoms. The van der Waals surface area contributed by atoms with Crippen molar-refractivity contribution in [2.45, 2.75) is 25.7 Å². The van der Waals surface area contributed by atoms with Gasteiger partial charge in [-0.05, 0) is 50.4 Å². The molecule has 0 aliphatic carbocycles. The van der Waals surface area contributed by atoms with Gasteiger partial charge in [0, 0.05) is 10.0 Å². The third kappa shape index (κ3) is 2.25. The van der Waals surface area contributed by atoms with E-state index in [1.54, 1.807) is 7.11 Å². The van der Waals surface area contributed by atoms with Crippen LogP contribution in [0, 0.1) is 6.92 Å². The number of aryl methyl sites for hydroxylation is 1. The zero-order valence-electron chi connectivity index (χ0n) is 9.85. The molecule has 1 aromatic rings. The molecule has 2 rings (SSSR count). The summed E-state index contributed by atoms with van der Waals surface area (Å²) in [5.74, 6) is 1.63. The van der Waals surface area contributed by atoms with Crippen LogP contribution in [-0.4, -0.2) is 20.2 Å². The lowest BCUT2D eigenvalue weighted by atomic mass is 9.88. The van der Waals surface area contributed by atoms with Gasteiger partial charge in [-0.25, -0.2) is 0 Å². The molecule has 1 aliphatic rings. The van der Waals surface area contributed by atoms with Gasteiger partial charge >= 0.3 is 0 Å². The Morgan fingerprint density at radius 3 is 2.62 bits per heavy atom. The molecule has 1 N–H and O–H groups in total. The molecule has 0 aromatic heterocycles. The smallest absolute Gasteiger partial charge is 0.123 e. The lowest BCUT2D eigenvalue weighted by Crippen LogP contribution is -2.27. The molecule has 88 valence electrons. The summed E-state index contributed by atoms with van der Waals surface area (Å²) in [6, 6.07) is 4.19. The zero-order chi connectivity index (χ0) is 11.5. The first-order valence-electron chi connectivity index (χ1n) is 5.77. The first-order chi connectivity index (χ1) is 7.74. The second kappa shape index (κ2) is 5.19. The van der Waals surface area contributed by atoms with Crippen molar-refractivity contribution in [2.24, 2.45) is 0 Å². The Balaban J connectivity index is 2.39. The SMILES string of the molecule is COc1ccc(C)c(Br)c1C1CCNCC1. The Hall–Kier alpha value is -0.540. The van der Waals surface area contributed by atoms with Gasteiger partial charge in [-0.2, -0.15) is 0 Å². The highest BCUT2D eigenvalue weighted by Crippen LogP contribution is 2.39. The monoisotopic (exact) mass is 283 g/mol. The summed E-state index contributed by atoms with van der Waals surface area (Å²) in [6.45, 7) is 4.34. The van der Waals surface area contributed by atoms with Crippen molar-refractivity contribution in [2.75, 3.05) is 20.2 Å². The number of nitrogens with one attached hydrogen (secondary N) is 1. The molecule has 0 unspecified atom stereocenters. The van der Waals surface area contributed by atoms with Gasteiger partial charge in [-0.1, -0.05) is 22.0 Å². The molecule has 2 nitrogen and oxygen atoms in total. The quantitative estimate of drug-likeness (QED) is 0.900. The van der Waals surface area contributed by atoms with Gasteiger partial charge in [0.2, 0.25) is 0 Å². The molecule has 3 heteroatoms. The molecule has 0 saturated carbocycles. The van der Waals surface area contributed by atoms with Crippen molar-refractivity contribution in [1.29, 1.82) is 0 Å². The van der Waals surface area contributed by atoms with Crippen molar-refractivity contribution >= 4 is 15.9 Å². The minimum atomic E-state index is 0.616. The van der Waals surface area contributed by atoms with Crippen molar-refractivity contribution in [1.82, 2.24) is 5.32 Å². The van der Waals surface area contributed by atoms with Crippen molar-refractivity contribution in [3.8, 4) is 5.75 Å². The highest BCUT2D eigenvalue weighted by Gasteiger charge is 2.22. The van der Waals surface area contributed by atoms with Gasteiger partial charge in [-0.15, -0.1) is 0 Å². The average Bonchev–Trinajstić information content (AvgIpc) is 2.33. The van der Waals surface area contributed by atoms with Gasteiger partial charge in [0.25, 0.3) is 0 Å². The fourth-order valence-corrected chi connectivity index (χ4v) is 3.00. The second-order valence-electron chi connectivity index (χ2n) is 4.34. The second-order valence-corrected chi connectivity index (χ2v) is 5.13. The number of ether oxygens (including phenoxy) is 1. The number of benzene rings is 1. The molecule has 1 aliphatic heterocycles. The maximum atomic E-state index is 5.48. The predicted octanol–water partition coefficient (Wildman–Crippen LogP) is 3.23. The van der Waals surface area contributed by atoms with E-state index in [2.05, 4.69) is 40.3 Å². The van der Waals surface area contributed by atoms with Crippen LogP contribution in [0.15, 0.2) is 16.6 Å². The van der Waals surface area contributed by atoms with Crippen LogP contribution in [0.1, 0.15) is 29.9 Å². The van der Waals surface area contributed by atoms with Crippen LogP contribution in [-0.2, 0) is 0 Å². The third-order valence-corrected chi connectivity index (χ3v) is 4.35. The van der Waals surface area contributed by atoms with E-state index in [0.29, 0.717) is 5.92 Å². The number of hydrogen-bond donors (Lipinski definition) is 1. The van der Waals surface area contributed by atoms with E-state index >= 15 is 0 Å². The maximum Gasteiger partial charge on any atom is 0.123 e. The van der Waals surface area contributed by atoms with Gasteiger partial charge in [0.05, 0.1) is 7.11 Å². The highest BCUT2D eigenvalue weighted by molar-refractivity contribution is 9.10. The molecule has 0 radical (unpaired) electrons.